The molecule has 0 fully saturated rings. The Morgan fingerprint density at radius 2 is 1.80 bits per heavy atom. The van der Waals surface area contributed by atoms with Gasteiger partial charge in [0.1, 0.15) is 6.07 Å². The van der Waals surface area contributed by atoms with Gasteiger partial charge in [-0.1, -0.05) is 24.3 Å². The molecule has 0 unspecified atom stereocenters. The van der Waals surface area contributed by atoms with E-state index in [1.807, 2.05) is 0 Å². The molecule has 0 aliphatic heterocycles. The van der Waals surface area contributed by atoms with E-state index in [1.54, 1.807) is 41.8 Å². The summed E-state index contributed by atoms with van der Waals surface area (Å²) < 4.78 is 27.5. The fourth-order valence-electron chi connectivity index (χ4n) is 2.47. The molecular formula is C18H10F2N2O2S. The number of nitriles is 1. The van der Waals surface area contributed by atoms with Crippen molar-refractivity contribution in [1.82, 2.24) is 0 Å². The van der Waals surface area contributed by atoms with Crippen molar-refractivity contribution >= 4 is 17.2 Å². The molecule has 1 heterocycles. The Morgan fingerprint density at radius 3 is 2.40 bits per heavy atom. The Kier molecular flexibility index (Phi) is 4.21. The Balaban J connectivity index is 2.09. The second-order valence-corrected chi connectivity index (χ2v) is 6.08. The smallest absolute Gasteiger partial charge is 0.250 e. The molecule has 0 saturated carbocycles. The highest BCUT2D eigenvalue weighted by Gasteiger charge is 2.19. The summed E-state index contributed by atoms with van der Waals surface area (Å²) in [6, 6.07) is 10.6. The molecule has 0 atom stereocenters. The van der Waals surface area contributed by atoms with Gasteiger partial charge < -0.3 is 10.8 Å². The highest BCUT2D eigenvalue weighted by atomic mass is 32.1. The summed E-state index contributed by atoms with van der Waals surface area (Å²) >= 11 is 1.34. The summed E-state index contributed by atoms with van der Waals surface area (Å²) in [6.45, 7) is 0. The number of primary amides is 1. The van der Waals surface area contributed by atoms with Gasteiger partial charge in [0.2, 0.25) is 5.91 Å². The number of aromatic hydroxyl groups is 1. The minimum Gasteiger partial charge on any atom is -0.503 e. The molecule has 2 aromatic carbocycles. The number of carbonyl (C=O) groups excluding carboxylic acids is 1. The third-order valence-corrected chi connectivity index (χ3v) is 4.66. The number of rotatable bonds is 3. The predicted molar refractivity (Wildman–Crippen MR) is 90.0 cm³/mol. The van der Waals surface area contributed by atoms with Crippen molar-refractivity contribution in [2.45, 2.75) is 0 Å². The maximum Gasteiger partial charge on any atom is 0.250 e. The number of thiophene rings is 1. The molecule has 3 rings (SSSR count). The lowest BCUT2D eigenvalue weighted by Gasteiger charge is -2.09. The Labute approximate surface area is 145 Å². The summed E-state index contributed by atoms with van der Waals surface area (Å²) in [5.74, 6) is -4.17. The first kappa shape index (κ1) is 16.6. The van der Waals surface area contributed by atoms with E-state index in [2.05, 4.69) is 0 Å². The molecule has 0 radical (unpaired) electrons. The largest absolute Gasteiger partial charge is 0.503 e. The fourth-order valence-corrected chi connectivity index (χ4v) is 3.38. The van der Waals surface area contributed by atoms with E-state index in [9.17, 15) is 18.7 Å². The second-order valence-electron chi connectivity index (χ2n) is 5.16. The summed E-state index contributed by atoms with van der Waals surface area (Å²) in [5, 5.41) is 20.1. The quantitative estimate of drug-likeness (QED) is 0.742. The van der Waals surface area contributed by atoms with Gasteiger partial charge in [0.25, 0.3) is 0 Å². The predicted octanol–water partition coefficient (Wildman–Crippen LogP) is 4.04. The second kappa shape index (κ2) is 6.34. The van der Waals surface area contributed by atoms with Crippen LogP contribution in [0, 0.1) is 23.0 Å². The van der Waals surface area contributed by atoms with Crippen LogP contribution in [0.2, 0.25) is 0 Å². The minimum absolute atomic E-state index is 0.0307. The van der Waals surface area contributed by atoms with Crippen molar-refractivity contribution < 1.29 is 18.7 Å². The highest BCUT2D eigenvalue weighted by Crippen LogP contribution is 2.35. The SMILES string of the molecule is N#Cc1c(-c2ccc(-c3sccc3C(N)=O)cc2)cc(F)c(O)c1F. The molecule has 124 valence electrons. The van der Waals surface area contributed by atoms with Crippen molar-refractivity contribution in [1.29, 1.82) is 5.26 Å². The lowest BCUT2D eigenvalue weighted by molar-refractivity contribution is 0.100. The molecule has 0 bridgehead atoms. The van der Waals surface area contributed by atoms with Crippen LogP contribution in [-0.2, 0) is 0 Å². The Bertz CT molecular complexity index is 1020. The van der Waals surface area contributed by atoms with Gasteiger partial charge in [0.15, 0.2) is 17.4 Å². The Morgan fingerprint density at radius 1 is 1.16 bits per heavy atom. The molecule has 0 spiro atoms. The molecule has 0 saturated heterocycles. The number of hydrogen-bond donors (Lipinski definition) is 2. The number of nitrogens with two attached hydrogens (primary N) is 1. The lowest BCUT2D eigenvalue weighted by Crippen LogP contribution is -2.10. The van der Waals surface area contributed by atoms with Crippen LogP contribution >= 0.6 is 11.3 Å². The number of hydrogen-bond acceptors (Lipinski definition) is 4. The molecule has 3 N–H and O–H groups in total. The molecular weight excluding hydrogens is 346 g/mol. The zero-order chi connectivity index (χ0) is 18.1. The van der Waals surface area contributed by atoms with Crippen molar-refractivity contribution in [2.75, 3.05) is 0 Å². The van der Waals surface area contributed by atoms with Crippen LogP contribution in [-0.4, -0.2) is 11.0 Å². The lowest BCUT2D eigenvalue weighted by atomic mass is 9.97. The zero-order valence-electron chi connectivity index (χ0n) is 12.6. The van der Waals surface area contributed by atoms with E-state index in [1.165, 1.54) is 11.3 Å². The van der Waals surface area contributed by atoms with Gasteiger partial charge in [-0.3, -0.25) is 4.79 Å². The van der Waals surface area contributed by atoms with Crippen LogP contribution in [0.4, 0.5) is 8.78 Å². The summed E-state index contributed by atoms with van der Waals surface area (Å²) in [6.07, 6.45) is 0. The van der Waals surface area contributed by atoms with Gasteiger partial charge in [0, 0.05) is 10.4 Å². The average Bonchev–Trinajstić information content (AvgIpc) is 3.09. The third kappa shape index (κ3) is 2.84. The standard InChI is InChI=1S/C18H10F2N2O2S/c19-14-7-12(13(8-21)15(20)16(14)23)9-1-3-10(4-2-9)17-11(18(22)24)5-6-25-17/h1-7,23H,(H2,22,24). The maximum absolute atomic E-state index is 13.9. The van der Waals surface area contributed by atoms with Gasteiger partial charge in [-0.15, -0.1) is 11.3 Å². The highest BCUT2D eigenvalue weighted by molar-refractivity contribution is 7.14. The monoisotopic (exact) mass is 356 g/mol. The van der Waals surface area contributed by atoms with Crippen LogP contribution in [0.3, 0.4) is 0 Å². The molecule has 1 aromatic heterocycles. The molecule has 0 aliphatic carbocycles. The normalized spacial score (nSPS) is 10.4. The van der Waals surface area contributed by atoms with Gasteiger partial charge >= 0.3 is 0 Å². The molecule has 25 heavy (non-hydrogen) atoms. The summed E-state index contributed by atoms with van der Waals surface area (Å²) in [4.78, 5) is 12.1. The van der Waals surface area contributed by atoms with Gasteiger partial charge in [0.05, 0.1) is 11.1 Å². The average molecular weight is 356 g/mol. The van der Waals surface area contributed by atoms with Crippen molar-refractivity contribution in [3.05, 3.63) is 64.5 Å². The molecule has 3 aromatic rings. The van der Waals surface area contributed by atoms with E-state index >= 15 is 0 Å². The van der Waals surface area contributed by atoms with Crippen molar-refractivity contribution in [3.8, 4) is 33.4 Å². The molecule has 1 amide bonds. The number of phenolic OH excluding ortho intramolecular Hbond substituents is 1. The zero-order valence-corrected chi connectivity index (χ0v) is 13.4. The Hall–Kier alpha value is -3.24. The number of carbonyl (C=O) groups is 1. The number of amides is 1. The molecule has 0 aliphatic rings. The van der Waals surface area contributed by atoms with E-state index in [-0.39, 0.29) is 5.56 Å². The molecule has 4 nitrogen and oxygen atoms in total. The number of phenols is 1. The first-order valence-electron chi connectivity index (χ1n) is 7.03. The van der Waals surface area contributed by atoms with Crippen LogP contribution < -0.4 is 5.73 Å². The summed E-state index contributed by atoms with van der Waals surface area (Å²) in [7, 11) is 0. The number of benzene rings is 2. The number of halogens is 2. The minimum atomic E-state index is -1.30. The first-order valence-corrected chi connectivity index (χ1v) is 7.91. The topological polar surface area (TPSA) is 87.1 Å². The first-order chi connectivity index (χ1) is 11.9. The van der Waals surface area contributed by atoms with E-state index < -0.39 is 28.9 Å². The van der Waals surface area contributed by atoms with Crippen LogP contribution in [0.15, 0.2) is 41.8 Å². The fraction of sp³-hybridized carbons (Fsp3) is 0. The van der Waals surface area contributed by atoms with Gasteiger partial charge in [-0.2, -0.15) is 5.26 Å². The van der Waals surface area contributed by atoms with E-state index in [0.717, 1.165) is 6.07 Å². The van der Waals surface area contributed by atoms with Crippen LogP contribution in [0.25, 0.3) is 21.6 Å². The summed E-state index contributed by atoms with van der Waals surface area (Å²) in [5.41, 5.74) is 6.41. The third-order valence-electron chi connectivity index (χ3n) is 3.69. The maximum atomic E-state index is 13.9. The molecule has 7 heteroatoms. The number of nitrogens with zero attached hydrogens (tertiary/aromatic N) is 1. The van der Waals surface area contributed by atoms with Crippen LogP contribution in [0.5, 0.6) is 5.75 Å². The van der Waals surface area contributed by atoms with E-state index in [4.69, 9.17) is 11.0 Å². The van der Waals surface area contributed by atoms with Crippen LogP contribution in [0.1, 0.15) is 15.9 Å². The van der Waals surface area contributed by atoms with E-state index in [0.29, 0.717) is 21.6 Å². The van der Waals surface area contributed by atoms with Gasteiger partial charge in [-0.05, 0) is 28.6 Å². The van der Waals surface area contributed by atoms with Crippen molar-refractivity contribution in [3.63, 3.8) is 0 Å². The van der Waals surface area contributed by atoms with Gasteiger partial charge in [-0.25, -0.2) is 8.78 Å². The van der Waals surface area contributed by atoms with Crippen molar-refractivity contribution in [2.24, 2.45) is 5.73 Å².